The number of hydrogen-bond acceptors (Lipinski definition) is 4. The van der Waals surface area contributed by atoms with Crippen molar-refractivity contribution in [3.05, 3.63) is 71.2 Å². The van der Waals surface area contributed by atoms with Gasteiger partial charge in [-0.1, -0.05) is 60.1 Å². The Balaban J connectivity index is 0.000000397. The summed E-state index contributed by atoms with van der Waals surface area (Å²) < 4.78 is 0. The van der Waals surface area contributed by atoms with Crippen LogP contribution < -0.4 is 0 Å². The molecule has 0 amide bonds. The van der Waals surface area contributed by atoms with Crippen LogP contribution in [0.2, 0.25) is 5.02 Å². The van der Waals surface area contributed by atoms with E-state index in [0.29, 0.717) is 6.42 Å². The third kappa shape index (κ3) is 9.14. The number of carbonyl (C=O) groups is 1. The average molecular weight is 398 g/mol. The molecule has 0 unspecified atom stereocenters. The Bertz CT molecular complexity index is 693. The SMILES string of the molecule is N#CC(=O)CCCCN1CCN(Cc2ccc(Cl)cc2)CC1.c1ccccc1. The topological polar surface area (TPSA) is 47.3 Å². The van der Waals surface area contributed by atoms with Gasteiger partial charge in [-0.2, -0.15) is 5.26 Å². The van der Waals surface area contributed by atoms with Gasteiger partial charge in [-0.3, -0.25) is 9.69 Å². The average Bonchev–Trinajstić information content (AvgIpc) is 2.75. The van der Waals surface area contributed by atoms with Crippen molar-refractivity contribution in [2.75, 3.05) is 32.7 Å². The van der Waals surface area contributed by atoms with Gasteiger partial charge in [-0.15, -0.1) is 0 Å². The molecule has 0 radical (unpaired) electrons. The fourth-order valence-corrected chi connectivity index (χ4v) is 3.21. The Kier molecular flexibility index (Phi) is 10.3. The first-order chi connectivity index (χ1) is 13.7. The van der Waals surface area contributed by atoms with Gasteiger partial charge in [0.15, 0.2) is 0 Å². The number of rotatable bonds is 7. The minimum absolute atomic E-state index is 0.298. The van der Waals surface area contributed by atoms with Crippen LogP contribution in [0, 0.1) is 11.3 Å². The molecule has 3 rings (SSSR count). The molecule has 28 heavy (non-hydrogen) atoms. The van der Waals surface area contributed by atoms with Crippen LogP contribution in [-0.2, 0) is 11.3 Å². The van der Waals surface area contributed by atoms with Gasteiger partial charge < -0.3 is 4.90 Å². The summed E-state index contributed by atoms with van der Waals surface area (Å²) >= 11 is 5.90. The van der Waals surface area contributed by atoms with Crippen LogP contribution in [0.3, 0.4) is 0 Å². The second kappa shape index (κ2) is 13.1. The van der Waals surface area contributed by atoms with Crippen LogP contribution in [-0.4, -0.2) is 48.3 Å². The molecule has 1 aliphatic rings. The molecule has 148 valence electrons. The van der Waals surface area contributed by atoms with Crippen LogP contribution in [0.1, 0.15) is 24.8 Å². The quantitative estimate of drug-likeness (QED) is 0.513. The summed E-state index contributed by atoms with van der Waals surface area (Å²) in [6.45, 7) is 6.27. The number of carbonyl (C=O) groups excluding carboxylic acids is 1. The number of nitrogens with zero attached hydrogens (tertiary/aromatic N) is 3. The molecule has 0 N–H and O–H groups in total. The zero-order valence-corrected chi connectivity index (χ0v) is 17.0. The molecular weight excluding hydrogens is 370 g/mol. The molecule has 0 atom stereocenters. The van der Waals surface area contributed by atoms with Crippen molar-refractivity contribution in [2.24, 2.45) is 0 Å². The van der Waals surface area contributed by atoms with Crippen LogP contribution in [0.15, 0.2) is 60.7 Å². The number of halogens is 1. The lowest BCUT2D eigenvalue weighted by atomic mass is 10.1. The Hall–Kier alpha value is -2.19. The molecule has 1 fully saturated rings. The lowest BCUT2D eigenvalue weighted by Gasteiger charge is -2.34. The maximum absolute atomic E-state index is 10.9. The third-order valence-electron chi connectivity index (χ3n) is 4.70. The monoisotopic (exact) mass is 397 g/mol. The Morgan fingerprint density at radius 2 is 1.43 bits per heavy atom. The normalized spacial score (nSPS) is 14.6. The van der Waals surface area contributed by atoms with Gasteiger partial charge in [0.05, 0.1) is 0 Å². The van der Waals surface area contributed by atoms with Gasteiger partial charge in [0.1, 0.15) is 6.07 Å². The summed E-state index contributed by atoms with van der Waals surface area (Å²) in [5, 5.41) is 9.21. The third-order valence-corrected chi connectivity index (χ3v) is 4.96. The summed E-state index contributed by atoms with van der Waals surface area (Å²) in [6, 6.07) is 21.7. The number of unbranched alkanes of at least 4 members (excludes halogenated alkanes) is 1. The first kappa shape index (κ1) is 22.1. The van der Waals surface area contributed by atoms with E-state index in [-0.39, 0.29) is 5.78 Å². The second-order valence-corrected chi connectivity index (χ2v) is 7.33. The predicted octanol–water partition coefficient (Wildman–Crippen LogP) is 4.41. The highest BCUT2D eigenvalue weighted by Gasteiger charge is 2.16. The zero-order chi connectivity index (χ0) is 20.0. The largest absolute Gasteiger partial charge is 0.301 e. The van der Waals surface area contributed by atoms with Crippen LogP contribution >= 0.6 is 11.6 Å². The zero-order valence-electron chi connectivity index (χ0n) is 16.3. The van der Waals surface area contributed by atoms with Gasteiger partial charge in [-0.05, 0) is 37.1 Å². The first-order valence-corrected chi connectivity index (χ1v) is 10.2. The Morgan fingerprint density at radius 1 is 0.893 bits per heavy atom. The molecule has 0 bridgehead atoms. The van der Waals surface area contributed by atoms with E-state index < -0.39 is 0 Å². The number of Topliss-reactive ketones (excluding diaryl/α,β-unsaturated/α-hetero) is 1. The van der Waals surface area contributed by atoms with E-state index in [1.54, 1.807) is 6.07 Å². The van der Waals surface area contributed by atoms with Crippen LogP contribution in [0.4, 0.5) is 0 Å². The van der Waals surface area contributed by atoms with Crippen molar-refractivity contribution < 1.29 is 4.79 Å². The van der Waals surface area contributed by atoms with E-state index in [9.17, 15) is 4.79 Å². The van der Waals surface area contributed by atoms with E-state index in [2.05, 4.69) is 21.9 Å². The van der Waals surface area contributed by atoms with Crippen LogP contribution in [0.25, 0.3) is 0 Å². The summed E-state index contributed by atoms with van der Waals surface area (Å²) in [7, 11) is 0. The van der Waals surface area contributed by atoms with E-state index in [1.165, 1.54) is 5.56 Å². The second-order valence-electron chi connectivity index (χ2n) is 6.89. The van der Waals surface area contributed by atoms with Gasteiger partial charge in [0, 0.05) is 44.2 Å². The number of ketones is 1. The molecule has 0 saturated carbocycles. The molecule has 1 aliphatic heterocycles. The van der Waals surface area contributed by atoms with E-state index in [1.807, 2.05) is 48.5 Å². The molecular formula is C23H28ClN3O. The van der Waals surface area contributed by atoms with Crippen LogP contribution in [0.5, 0.6) is 0 Å². The summed E-state index contributed by atoms with van der Waals surface area (Å²) in [4.78, 5) is 15.8. The summed E-state index contributed by atoms with van der Waals surface area (Å²) in [5.41, 5.74) is 1.30. The number of piperazine rings is 1. The van der Waals surface area contributed by atoms with Crippen molar-refractivity contribution in [3.8, 4) is 6.07 Å². The highest BCUT2D eigenvalue weighted by atomic mass is 35.5. The molecule has 5 heteroatoms. The minimum Gasteiger partial charge on any atom is -0.301 e. The van der Waals surface area contributed by atoms with Crippen molar-refractivity contribution in [3.63, 3.8) is 0 Å². The predicted molar refractivity (Wildman–Crippen MR) is 114 cm³/mol. The number of benzene rings is 2. The highest BCUT2D eigenvalue weighted by molar-refractivity contribution is 6.30. The molecule has 0 aliphatic carbocycles. The Morgan fingerprint density at radius 3 is 1.96 bits per heavy atom. The highest BCUT2D eigenvalue weighted by Crippen LogP contribution is 2.13. The summed E-state index contributed by atoms with van der Waals surface area (Å²) in [5.74, 6) is -0.298. The van der Waals surface area contributed by atoms with Gasteiger partial charge in [0.25, 0.3) is 0 Å². The fraction of sp³-hybridized carbons (Fsp3) is 0.391. The van der Waals surface area contributed by atoms with Crippen molar-refractivity contribution in [2.45, 2.75) is 25.8 Å². The Labute approximate surface area is 173 Å². The van der Waals surface area contributed by atoms with E-state index >= 15 is 0 Å². The van der Waals surface area contributed by atoms with E-state index in [4.69, 9.17) is 16.9 Å². The number of hydrogen-bond donors (Lipinski definition) is 0. The van der Waals surface area contributed by atoms with Crippen molar-refractivity contribution >= 4 is 17.4 Å². The molecule has 2 aromatic carbocycles. The minimum atomic E-state index is -0.298. The lowest BCUT2D eigenvalue weighted by Crippen LogP contribution is -2.46. The van der Waals surface area contributed by atoms with Gasteiger partial charge in [0.2, 0.25) is 5.78 Å². The maximum atomic E-state index is 10.9. The molecule has 1 heterocycles. The maximum Gasteiger partial charge on any atom is 0.231 e. The van der Waals surface area contributed by atoms with Gasteiger partial charge >= 0.3 is 0 Å². The summed E-state index contributed by atoms with van der Waals surface area (Å²) in [6.07, 6.45) is 2.20. The fourth-order valence-electron chi connectivity index (χ4n) is 3.08. The smallest absolute Gasteiger partial charge is 0.231 e. The molecule has 0 spiro atoms. The molecule has 0 aromatic heterocycles. The lowest BCUT2D eigenvalue weighted by molar-refractivity contribution is -0.114. The van der Waals surface area contributed by atoms with Gasteiger partial charge in [-0.25, -0.2) is 0 Å². The first-order valence-electron chi connectivity index (χ1n) is 9.79. The number of nitriles is 1. The van der Waals surface area contributed by atoms with Crippen molar-refractivity contribution in [1.82, 2.24) is 9.80 Å². The molecule has 2 aromatic rings. The molecule has 4 nitrogen and oxygen atoms in total. The van der Waals surface area contributed by atoms with Crippen molar-refractivity contribution in [1.29, 1.82) is 5.26 Å². The van der Waals surface area contributed by atoms with E-state index in [0.717, 1.165) is 57.1 Å². The molecule has 1 saturated heterocycles. The standard InChI is InChI=1S/C17H22ClN3O.C6H6/c18-16-6-4-15(5-7-16)14-21-11-9-20(10-12-21)8-2-1-3-17(22)13-19;1-2-4-6-5-3-1/h4-7H,1-3,8-12,14H2;1-6H.